The molecule has 0 N–H and O–H groups in total. The van der Waals surface area contributed by atoms with Crippen molar-refractivity contribution in [2.24, 2.45) is 0 Å². The Kier molecular flexibility index (Phi) is 4.03. The van der Waals surface area contributed by atoms with Gasteiger partial charge >= 0.3 is 0 Å². The summed E-state index contributed by atoms with van der Waals surface area (Å²) in [6, 6.07) is 6.85. The minimum atomic E-state index is -0.156. The Hall–Kier alpha value is -0.930. The summed E-state index contributed by atoms with van der Waals surface area (Å²) in [6.45, 7) is 12.1. The van der Waals surface area contributed by atoms with E-state index in [-0.39, 0.29) is 11.4 Å². The molecular formula is C15H23FN2. The second kappa shape index (κ2) is 5.37. The maximum atomic E-state index is 12.8. The largest absolute Gasteiger partial charge is 0.297 e. The number of nitrogens with zero attached hydrogens (tertiary/aromatic N) is 2. The number of hydrogen-bond acceptors (Lipinski definition) is 2. The molecule has 18 heavy (non-hydrogen) atoms. The Morgan fingerprint density at radius 3 is 2.06 bits per heavy atom. The Morgan fingerprint density at radius 2 is 1.56 bits per heavy atom. The van der Waals surface area contributed by atoms with E-state index in [1.54, 1.807) is 12.1 Å². The predicted molar refractivity (Wildman–Crippen MR) is 73.0 cm³/mol. The van der Waals surface area contributed by atoms with Crippen molar-refractivity contribution in [1.82, 2.24) is 9.80 Å². The smallest absolute Gasteiger partial charge is 0.123 e. The normalized spacial score (nSPS) is 19.1. The standard InChI is InChI=1S/C15H23FN2/c1-15(2,3)18-10-8-17(9-11-18)12-13-4-6-14(16)7-5-13/h4-7H,8-12H2,1-3H3. The van der Waals surface area contributed by atoms with Gasteiger partial charge in [0.15, 0.2) is 0 Å². The molecule has 1 fully saturated rings. The van der Waals surface area contributed by atoms with E-state index in [9.17, 15) is 4.39 Å². The first kappa shape index (κ1) is 13.5. The van der Waals surface area contributed by atoms with E-state index in [1.165, 1.54) is 5.56 Å². The van der Waals surface area contributed by atoms with Gasteiger partial charge in [-0.3, -0.25) is 9.80 Å². The van der Waals surface area contributed by atoms with E-state index in [2.05, 4.69) is 30.6 Å². The van der Waals surface area contributed by atoms with Crippen LogP contribution in [0.2, 0.25) is 0 Å². The summed E-state index contributed by atoms with van der Waals surface area (Å²) in [5.41, 5.74) is 1.46. The molecule has 0 unspecified atom stereocenters. The first-order chi connectivity index (χ1) is 8.45. The van der Waals surface area contributed by atoms with Crippen LogP contribution in [0.15, 0.2) is 24.3 Å². The summed E-state index contributed by atoms with van der Waals surface area (Å²) in [7, 11) is 0. The molecule has 0 bridgehead atoms. The van der Waals surface area contributed by atoms with Crippen LogP contribution in [0.3, 0.4) is 0 Å². The molecular weight excluding hydrogens is 227 g/mol. The van der Waals surface area contributed by atoms with Gasteiger partial charge in [0.1, 0.15) is 5.82 Å². The zero-order chi connectivity index (χ0) is 13.2. The fraction of sp³-hybridized carbons (Fsp3) is 0.600. The minimum absolute atomic E-state index is 0.156. The molecule has 0 amide bonds. The quantitative estimate of drug-likeness (QED) is 0.796. The summed E-state index contributed by atoms with van der Waals surface area (Å²) in [6.07, 6.45) is 0. The zero-order valence-corrected chi connectivity index (χ0v) is 11.6. The van der Waals surface area contributed by atoms with Gasteiger partial charge in [0.05, 0.1) is 0 Å². The van der Waals surface area contributed by atoms with Crippen LogP contribution < -0.4 is 0 Å². The highest BCUT2D eigenvalue weighted by Gasteiger charge is 2.25. The molecule has 1 saturated heterocycles. The number of hydrogen-bond donors (Lipinski definition) is 0. The lowest BCUT2D eigenvalue weighted by Crippen LogP contribution is -2.53. The molecule has 1 aromatic rings. The highest BCUT2D eigenvalue weighted by atomic mass is 19.1. The Morgan fingerprint density at radius 1 is 1.00 bits per heavy atom. The number of benzene rings is 1. The van der Waals surface area contributed by atoms with Crippen molar-refractivity contribution in [3.63, 3.8) is 0 Å². The third-order valence-electron chi connectivity index (χ3n) is 3.64. The first-order valence-corrected chi connectivity index (χ1v) is 6.67. The van der Waals surface area contributed by atoms with E-state index in [0.29, 0.717) is 0 Å². The van der Waals surface area contributed by atoms with Gasteiger partial charge in [-0.2, -0.15) is 0 Å². The molecule has 2 rings (SSSR count). The van der Waals surface area contributed by atoms with Gasteiger partial charge in [-0.15, -0.1) is 0 Å². The molecule has 0 aromatic heterocycles. The van der Waals surface area contributed by atoms with E-state index < -0.39 is 0 Å². The third-order valence-corrected chi connectivity index (χ3v) is 3.64. The van der Waals surface area contributed by atoms with Crippen molar-refractivity contribution < 1.29 is 4.39 Å². The highest BCUT2D eigenvalue weighted by Crippen LogP contribution is 2.17. The minimum Gasteiger partial charge on any atom is -0.297 e. The topological polar surface area (TPSA) is 6.48 Å². The zero-order valence-electron chi connectivity index (χ0n) is 11.6. The predicted octanol–water partition coefficient (Wildman–Crippen LogP) is 2.74. The Labute approximate surface area is 109 Å². The van der Waals surface area contributed by atoms with Crippen LogP contribution in [0.25, 0.3) is 0 Å². The van der Waals surface area contributed by atoms with Crippen molar-refractivity contribution in [2.45, 2.75) is 32.9 Å². The average Bonchev–Trinajstić information content (AvgIpc) is 2.32. The van der Waals surface area contributed by atoms with Crippen LogP contribution in [-0.4, -0.2) is 41.5 Å². The molecule has 100 valence electrons. The van der Waals surface area contributed by atoms with E-state index >= 15 is 0 Å². The maximum Gasteiger partial charge on any atom is 0.123 e. The number of rotatable bonds is 2. The van der Waals surface area contributed by atoms with Crippen molar-refractivity contribution >= 4 is 0 Å². The van der Waals surface area contributed by atoms with Crippen molar-refractivity contribution in [2.75, 3.05) is 26.2 Å². The van der Waals surface area contributed by atoms with Crippen LogP contribution in [-0.2, 0) is 6.54 Å². The number of halogens is 1. The van der Waals surface area contributed by atoms with Crippen LogP contribution in [0, 0.1) is 5.82 Å². The summed E-state index contributed by atoms with van der Waals surface area (Å²) in [4.78, 5) is 4.96. The van der Waals surface area contributed by atoms with Crippen LogP contribution >= 0.6 is 0 Å². The van der Waals surface area contributed by atoms with Crippen molar-refractivity contribution in [3.8, 4) is 0 Å². The summed E-state index contributed by atoms with van der Waals surface area (Å²) in [5.74, 6) is -0.156. The summed E-state index contributed by atoms with van der Waals surface area (Å²) >= 11 is 0. The molecule has 0 atom stereocenters. The molecule has 0 saturated carbocycles. The van der Waals surface area contributed by atoms with E-state index in [4.69, 9.17) is 0 Å². The molecule has 0 aliphatic carbocycles. The second-order valence-electron chi connectivity index (χ2n) is 6.06. The lowest BCUT2D eigenvalue weighted by atomic mass is 10.0. The lowest BCUT2D eigenvalue weighted by Gasteiger charge is -2.42. The van der Waals surface area contributed by atoms with Gasteiger partial charge in [0.2, 0.25) is 0 Å². The first-order valence-electron chi connectivity index (χ1n) is 6.67. The van der Waals surface area contributed by atoms with Gasteiger partial charge < -0.3 is 0 Å². The lowest BCUT2D eigenvalue weighted by molar-refractivity contribution is 0.0591. The molecule has 0 radical (unpaired) electrons. The average molecular weight is 250 g/mol. The van der Waals surface area contributed by atoms with Crippen molar-refractivity contribution in [1.29, 1.82) is 0 Å². The molecule has 1 aliphatic rings. The highest BCUT2D eigenvalue weighted by molar-refractivity contribution is 5.16. The molecule has 1 aromatic carbocycles. The van der Waals surface area contributed by atoms with Gasteiger partial charge in [-0.25, -0.2) is 4.39 Å². The van der Waals surface area contributed by atoms with E-state index in [1.807, 2.05) is 12.1 Å². The molecule has 1 heterocycles. The van der Waals surface area contributed by atoms with Crippen molar-refractivity contribution in [3.05, 3.63) is 35.6 Å². The van der Waals surface area contributed by atoms with Crippen LogP contribution in [0.1, 0.15) is 26.3 Å². The number of piperazine rings is 1. The molecule has 1 aliphatic heterocycles. The molecule has 3 heteroatoms. The maximum absolute atomic E-state index is 12.8. The van der Waals surface area contributed by atoms with Gasteiger partial charge in [-0.05, 0) is 38.5 Å². The fourth-order valence-corrected chi connectivity index (χ4v) is 2.42. The monoisotopic (exact) mass is 250 g/mol. The summed E-state index contributed by atoms with van der Waals surface area (Å²) in [5, 5.41) is 0. The second-order valence-corrected chi connectivity index (χ2v) is 6.06. The van der Waals surface area contributed by atoms with Crippen LogP contribution in [0.4, 0.5) is 4.39 Å². The van der Waals surface area contributed by atoms with Gasteiger partial charge in [-0.1, -0.05) is 12.1 Å². The fourth-order valence-electron chi connectivity index (χ4n) is 2.42. The SMILES string of the molecule is CC(C)(C)N1CCN(Cc2ccc(F)cc2)CC1. The van der Waals surface area contributed by atoms with Gasteiger partial charge in [0.25, 0.3) is 0 Å². The molecule has 2 nitrogen and oxygen atoms in total. The Balaban J connectivity index is 1.85. The Bertz CT molecular complexity index is 372. The van der Waals surface area contributed by atoms with Gasteiger partial charge in [0, 0.05) is 38.3 Å². The van der Waals surface area contributed by atoms with Crippen LogP contribution in [0.5, 0.6) is 0 Å². The van der Waals surface area contributed by atoms with E-state index in [0.717, 1.165) is 32.7 Å². The molecule has 0 spiro atoms. The summed E-state index contributed by atoms with van der Waals surface area (Å²) < 4.78 is 12.8. The third kappa shape index (κ3) is 3.53.